The van der Waals surface area contributed by atoms with Crippen molar-refractivity contribution in [3.63, 3.8) is 0 Å². The van der Waals surface area contributed by atoms with E-state index in [2.05, 4.69) is 36.1 Å². The number of amides is 1. The van der Waals surface area contributed by atoms with Gasteiger partial charge in [0, 0.05) is 17.6 Å². The minimum atomic E-state index is -0.0455. The van der Waals surface area contributed by atoms with Gasteiger partial charge in [-0.15, -0.1) is 0 Å². The Morgan fingerprint density at radius 3 is 2.04 bits per heavy atom. The van der Waals surface area contributed by atoms with E-state index in [1.165, 1.54) is 18.1 Å². The van der Waals surface area contributed by atoms with Crippen molar-refractivity contribution in [2.75, 3.05) is 0 Å². The molecule has 2 aliphatic heterocycles. The van der Waals surface area contributed by atoms with Crippen LogP contribution in [0, 0.1) is 6.92 Å². The van der Waals surface area contributed by atoms with Gasteiger partial charge in [-0.3, -0.25) is 9.59 Å². The summed E-state index contributed by atoms with van der Waals surface area (Å²) >= 11 is 0. The van der Waals surface area contributed by atoms with E-state index in [-0.39, 0.29) is 23.8 Å². The SMILES string of the molecule is CC(=O)c1ccccc1C(=O)N1[C@@H]2CC[C@H]1CC(c1ccc(C)cc1)C2. The van der Waals surface area contributed by atoms with E-state index in [4.69, 9.17) is 0 Å². The fourth-order valence-corrected chi connectivity index (χ4v) is 4.74. The van der Waals surface area contributed by atoms with Gasteiger partial charge in [-0.05, 0) is 57.1 Å². The van der Waals surface area contributed by atoms with Crippen LogP contribution in [0.3, 0.4) is 0 Å². The van der Waals surface area contributed by atoms with Crippen LogP contribution in [-0.2, 0) is 0 Å². The molecule has 2 bridgehead atoms. The van der Waals surface area contributed by atoms with Crippen LogP contribution >= 0.6 is 0 Å². The van der Waals surface area contributed by atoms with Crippen LogP contribution in [0.4, 0.5) is 0 Å². The molecule has 0 radical (unpaired) electrons. The van der Waals surface area contributed by atoms with Gasteiger partial charge in [0.25, 0.3) is 5.91 Å². The maximum atomic E-state index is 13.2. The molecule has 2 aliphatic rings. The number of Topliss-reactive ketones (excluding diaryl/α,β-unsaturated/α-hetero) is 1. The topological polar surface area (TPSA) is 37.4 Å². The standard InChI is InChI=1S/C23H25NO2/c1-15-7-9-17(10-8-15)18-13-19-11-12-20(14-18)24(19)23(26)22-6-4-3-5-21(22)16(2)25/h3-10,18-20H,11-14H2,1-2H3/t18?,19-,20+. The smallest absolute Gasteiger partial charge is 0.255 e. The van der Waals surface area contributed by atoms with Gasteiger partial charge in [0.1, 0.15) is 0 Å². The van der Waals surface area contributed by atoms with Crippen LogP contribution in [0.15, 0.2) is 48.5 Å². The monoisotopic (exact) mass is 347 g/mol. The Morgan fingerprint density at radius 1 is 0.885 bits per heavy atom. The van der Waals surface area contributed by atoms with Gasteiger partial charge in [0.2, 0.25) is 0 Å². The lowest BCUT2D eigenvalue weighted by molar-refractivity contribution is 0.0568. The zero-order valence-corrected chi connectivity index (χ0v) is 15.4. The lowest BCUT2D eigenvalue weighted by atomic mass is 9.84. The van der Waals surface area contributed by atoms with Gasteiger partial charge in [-0.2, -0.15) is 0 Å². The second-order valence-corrected chi connectivity index (χ2v) is 7.78. The first kappa shape index (κ1) is 17.0. The van der Waals surface area contributed by atoms with Gasteiger partial charge in [0.05, 0.1) is 5.56 Å². The molecule has 2 heterocycles. The van der Waals surface area contributed by atoms with Crippen LogP contribution in [0.25, 0.3) is 0 Å². The van der Waals surface area contributed by atoms with Gasteiger partial charge in [-0.25, -0.2) is 0 Å². The number of hydrogen-bond donors (Lipinski definition) is 0. The van der Waals surface area contributed by atoms with Crippen molar-refractivity contribution >= 4 is 11.7 Å². The molecule has 0 spiro atoms. The first-order valence-electron chi connectivity index (χ1n) is 9.54. The van der Waals surface area contributed by atoms with E-state index in [9.17, 15) is 9.59 Å². The van der Waals surface area contributed by atoms with E-state index >= 15 is 0 Å². The number of benzene rings is 2. The highest BCUT2D eigenvalue weighted by atomic mass is 16.2. The maximum absolute atomic E-state index is 13.2. The molecule has 134 valence electrons. The first-order chi connectivity index (χ1) is 12.5. The second-order valence-electron chi connectivity index (χ2n) is 7.78. The van der Waals surface area contributed by atoms with Crippen molar-refractivity contribution in [3.05, 3.63) is 70.8 Å². The Bertz CT molecular complexity index is 826. The Kier molecular flexibility index (Phi) is 4.39. The zero-order valence-electron chi connectivity index (χ0n) is 15.4. The van der Waals surface area contributed by atoms with Gasteiger partial charge in [0.15, 0.2) is 5.78 Å². The van der Waals surface area contributed by atoms with Crippen LogP contribution in [0.1, 0.15) is 70.4 Å². The summed E-state index contributed by atoms with van der Waals surface area (Å²) in [5, 5.41) is 0. The molecule has 2 saturated heterocycles. The summed E-state index contributed by atoms with van der Waals surface area (Å²) < 4.78 is 0. The van der Waals surface area contributed by atoms with Crippen molar-refractivity contribution in [2.24, 2.45) is 0 Å². The molecule has 0 aliphatic carbocycles. The van der Waals surface area contributed by atoms with Crippen molar-refractivity contribution in [2.45, 2.75) is 57.5 Å². The molecule has 2 aromatic rings. The van der Waals surface area contributed by atoms with E-state index in [1.54, 1.807) is 12.1 Å². The molecule has 4 rings (SSSR count). The molecule has 2 fully saturated rings. The molecule has 1 unspecified atom stereocenters. The summed E-state index contributed by atoms with van der Waals surface area (Å²) in [6.07, 6.45) is 4.18. The largest absolute Gasteiger partial charge is 0.333 e. The highest BCUT2D eigenvalue weighted by Crippen LogP contribution is 2.43. The molecule has 0 N–H and O–H groups in total. The molecule has 1 amide bonds. The van der Waals surface area contributed by atoms with E-state index in [1.807, 2.05) is 12.1 Å². The third-order valence-electron chi connectivity index (χ3n) is 6.05. The maximum Gasteiger partial charge on any atom is 0.255 e. The number of ketones is 1. The third kappa shape index (κ3) is 2.96. The molecule has 3 nitrogen and oxygen atoms in total. The summed E-state index contributed by atoms with van der Waals surface area (Å²) in [5.41, 5.74) is 3.78. The number of aryl methyl sites for hydroxylation is 1. The van der Waals surface area contributed by atoms with E-state index in [0.717, 1.165) is 25.7 Å². The zero-order chi connectivity index (χ0) is 18.3. The van der Waals surface area contributed by atoms with E-state index < -0.39 is 0 Å². The summed E-state index contributed by atoms with van der Waals surface area (Å²) in [6.45, 7) is 3.64. The fraction of sp³-hybridized carbons (Fsp3) is 0.391. The Balaban J connectivity index is 1.58. The van der Waals surface area contributed by atoms with Crippen molar-refractivity contribution < 1.29 is 9.59 Å². The first-order valence-corrected chi connectivity index (χ1v) is 9.54. The van der Waals surface area contributed by atoms with Crippen molar-refractivity contribution in [1.82, 2.24) is 4.90 Å². The minimum Gasteiger partial charge on any atom is -0.333 e. The quantitative estimate of drug-likeness (QED) is 0.752. The number of nitrogens with zero attached hydrogens (tertiary/aromatic N) is 1. The number of carbonyl (C=O) groups excluding carboxylic acids is 2. The van der Waals surface area contributed by atoms with E-state index in [0.29, 0.717) is 17.0 Å². The Labute approximate surface area is 155 Å². The molecular formula is C23H25NO2. The number of fused-ring (bicyclic) bond motifs is 2. The van der Waals surface area contributed by atoms with Crippen molar-refractivity contribution in [1.29, 1.82) is 0 Å². The second kappa shape index (κ2) is 6.71. The summed E-state index contributed by atoms with van der Waals surface area (Å²) in [4.78, 5) is 27.2. The highest BCUT2D eigenvalue weighted by Gasteiger charge is 2.44. The summed E-state index contributed by atoms with van der Waals surface area (Å²) in [7, 11) is 0. The number of piperidine rings is 1. The molecule has 3 heteroatoms. The average Bonchev–Trinajstić information content (AvgIpc) is 2.91. The van der Waals surface area contributed by atoms with Gasteiger partial charge in [-0.1, -0.05) is 48.0 Å². The van der Waals surface area contributed by atoms with Crippen LogP contribution < -0.4 is 0 Å². The molecule has 2 aromatic carbocycles. The third-order valence-corrected chi connectivity index (χ3v) is 6.05. The fourth-order valence-electron chi connectivity index (χ4n) is 4.74. The normalized spacial score (nSPS) is 24.5. The van der Waals surface area contributed by atoms with Gasteiger partial charge >= 0.3 is 0 Å². The minimum absolute atomic E-state index is 0.0330. The van der Waals surface area contributed by atoms with Crippen molar-refractivity contribution in [3.8, 4) is 0 Å². The van der Waals surface area contributed by atoms with Crippen LogP contribution in [-0.4, -0.2) is 28.7 Å². The number of hydrogen-bond acceptors (Lipinski definition) is 2. The summed E-state index contributed by atoms with van der Waals surface area (Å²) in [6, 6.07) is 16.6. The molecule has 26 heavy (non-hydrogen) atoms. The Hall–Kier alpha value is -2.42. The average molecular weight is 347 g/mol. The lowest BCUT2D eigenvalue weighted by Crippen LogP contribution is -2.46. The predicted octanol–water partition coefficient (Wildman–Crippen LogP) is 4.75. The highest BCUT2D eigenvalue weighted by molar-refractivity contribution is 6.07. The lowest BCUT2D eigenvalue weighted by Gasteiger charge is -2.39. The summed E-state index contributed by atoms with van der Waals surface area (Å²) in [5.74, 6) is 0.515. The number of rotatable bonds is 3. The predicted molar refractivity (Wildman–Crippen MR) is 103 cm³/mol. The molecule has 3 atom stereocenters. The van der Waals surface area contributed by atoms with Gasteiger partial charge < -0.3 is 4.90 Å². The molecular weight excluding hydrogens is 322 g/mol. The van der Waals surface area contributed by atoms with Crippen LogP contribution in [0.5, 0.6) is 0 Å². The molecule has 0 aromatic heterocycles. The Morgan fingerprint density at radius 2 is 1.46 bits per heavy atom. The molecule has 0 saturated carbocycles. The number of carbonyl (C=O) groups is 2. The van der Waals surface area contributed by atoms with Crippen LogP contribution in [0.2, 0.25) is 0 Å².